The van der Waals surface area contributed by atoms with Crippen LogP contribution in [0.1, 0.15) is 16.8 Å². The van der Waals surface area contributed by atoms with Gasteiger partial charge in [0.05, 0.1) is 4.92 Å². The van der Waals surface area contributed by atoms with Crippen molar-refractivity contribution in [1.29, 1.82) is 0 Å². The summed E-state index contributed by atoms with van der Waals surface area (Å²) in [5.74, 6) is 0.785. The van der Waals surface area contributed by atoms with Crippen molar-refractivity contribution in [3.05, 3.63) is 38.9 Å². The van der Waals surface area contributed by atoms with Gasteiger partial charge in [-0.05, 0) is 12.1 Å². The number of nitrogens with zero attached hydrogens (tertiary/aromatic N) is 1. The second kappa shape index (κ2) is 6.54. The molecule has 104 valence electrons. The number of nitrogens with two attached hydrogens (primary N) is 1. The standard InChI is InChI=1S/C12H10ClN3O4/c1-2-3-9(11(14)17)15-12(18)7-4-5-10(16(19)20)8(13)6-7/h1,4-6,9H,3H2,(H2,14,17)(H,15,18). The van der Waals surface area contributed by atoms with Crippen molar-refractivity contribution in [2.24, 2.45) is 5.73 Å². The number of nitrogens with one attached hydrogen (secondary N) is 1. The van der Waals surface area contributed by atoms with Gasteiger partial charge in [-0.2, -0.15) is 0 Å². The maximum atomic E-state index is 11.9. The van der Waals surface area contributed by atoms with Crippen LogP contribution >= 0.6 is 11.6 Å². The molecule has 3 N–H and O–H groups in total. The number of amides is 2. The van der Waals surface area contributed by atoms with E-state index in [0.717, 1.165) is 12.1 Å². The van der Waals surface area contributed by atoms with Crippen molar-refractivity contribution in [1.82, 2.24) is 5.32 Å². The monoisotopic (exact) mass is 295 g/mol. The van der Waals surface area contributed by atoms with Crippen LogP contribution in [-0.4, -0.2) is 22.8 Å². The predicted octanol–water partition coefficient (Wildman–Crippen LogP) is 0.855. The molecule has 0 saturated heterocycles. The average Bonchev–Trinajstić information content (AvgIpc) is 2.37. The smallest absolute Gasteiger partial charge is 0.287 e. The summed E-state index contributed by atoms with van der Waals surface area (Å²) >= 11 is 5.68. The summed E-state index contributed by atoms with van der Waals surface area (Å²) in [6, 6.07) is 2.43. The molecule has 1 aromatic rings. The molecule has 1 aromatic carbocycles. The topological polar surface area (TPSA) is 115 Å². The Morgan fingerprint density at radius 1 is 1.55 bits per heavy atom. The summed E-state index contributed by atoms with van der Waals surface area (Å²) in [5, 5.41) is 12.7. The molecular formula is C12H10ClN3O4. The van der Waals surface area contributed by atoms with E-state index in [4.69, 9.17) is 23.8 Å². The minimum Gasteiger partial charge on any atom is -0.368 e. The molecule has 2 amide bonds. The van der Waals surface area contributed by atoms with Crippen molar-refractivity contribution < 1.29 is 14.5 Å². The van der Waals surface area contributed by atoms with Crippen molar-refractivity contribution in [3.63, 3.8) is 0 Å². The number of primary amides is 1. The van der Waals surface area contributed by atoms with Gasteiger partial charge in [-0.1, -0.05) is 11.6 Å². The molecule has 1 rings (SSSR count). The Hall–Kier alpha value is -2.59. The normalized spacial score (nSPS) is 11.2. The summed E-state index contributed by atoms with van der Waals surface area (Å²) in [4.78, 5) is 32.8. The number of benzene rings is 1. The van der Waals surface area contributed by atoms with Crippen molar-refractivity contribution in [2.75, 3.05) is 0 Å². The van der Waals surface area contributed by atoms with Crippen LogP contribution in [0.2, 0.25) is 5.02 Å². The number of halogens is 1. The number of rotatable bonds is 5. The third-order valence-electron chi connectivity index (χ3n) is 2.38. The fraction of sp³-hybridized carbons (Fsp3) is 0.167. The molecule has 0 aliphatic carbocycles. The molecule has 0 saturated carbocycles. The highest BCUT2D eigenvalue weighted by atomic mass is 35.5. The van der Waals surface area contributed by atoms with Crippen molar-refractivity contribution >= 4 is 29.1 Å². The van der Waals surface area contributed by atoms with Crippen molar-refractivity contribution in [3.8, 4) is 12.3 Å². The summed E-state index contributed by atoms with van der Waals surface area (Å²) in [7, 11) is 0. The van der Waals surface area contributed by atoms with E-state index in [2.05, 4.69) is 11.2 Å². The molecular weight excluding hydrogens is 286 g/mol. The number of hydrogen-bond donors (Lipinski definition) is 2. The number of nitro groups is 1. The van der Waals surface area contributed by atoms with Crippen LogP contribution in [0.3, 0.4) is 0 Å². The number of hydrogen-bond acceptors (Lipinski definition) is 4. The Balaban J connectivity index is 2.93. The Labute approximate surface area is 119 Å². The summed E-state index contributed by atoms with van der Waals surface area (Å²) in [5.41, 5.74) is 4.82. The first-order valence-corrected chi connectivity index (χ1v) is 5.72. The van der Waals surface area contributed by atoms with Gasteiger partial charge in [0, 0.05) is 18.1 Å². The van der Waals surface area contributed by atoms with Gasteiger partial charge in [-0.3, -0.25) is 19.7 Å². The Morgan fingerprint density at radius 2 is 2.20 bits per heavy atom. The van der Waals surface area contributed by atoms with Crippen LogP contribution in [0.25, 0.3) is 0 Å². The van der Waals surface area contributed by atoms with Gasteiger partial charge in [-0.15, -0.1) is 12.3 Å². The van der Waals surface area contributed by atoms with E-state index in [0.29, 0.717) is 0 Å². The zero-order chi connectivity index (χ0) is 15.3. The predicted molar refractivity (Wildman–Crippen MR) is 72.0 cm³/mol. The molecule has 0 aliphatic heterocycles. The molecule has 20 heavy (non-hydrogen) atoms. The van der Waals surface area contributed by atoms with Crippen LogP contribution in [0.4, 0.5) is 5.69 Å². The third-order valence-corrected chi connectivity index (χ3v) is 2.68. The summed E-state index contributed by atoms with van der Waals surface area (Å²) < 4.78 is 0. The Kier molecular flexibility index (Phi) is 5.06. The first-order valence-electron chi connectivity index (χ1n) is 5.34. The summed E-state index contributed by atoms with van der Waals surface area (Å²) in [6.07, 6.45) is 5.00. The molecule has 0 heterocycles. The second-order valence-electron chi connectivity index (χ2n) is 3.76. The van der Waals surface area contributed by atoms with E-state index >= 15 is 0 Å². The molecule has 0 aliphatic rings. The van der Waals surface area contributed by atoms with E-state index in [9.17, 15) is 19.7 Å². The quantitative estimate of drug-likeness (QED) is 0.476. The number of terminal acetylenes is 1. The molecule has 1 unspecified atom stereocenters. The lowest BCUT2D eigenvalue weighted by Crippen LogP contribution is -2.44. The minimum absolute atomic E-state index is 0.0538. The SMILES string of the molecule is C#CCC(NC(=O)c1ccc([N+](=O)[O-])c(Cl)c1)C(N)=O. The molecule has 0 aromatic heterocycles. The lowest BCUT2D eigenvalue weighted by atomic mass is 10.1. The van der Waals surface area contributed by atoms with Gasteiger partial charge in [0.15, 0.2) is 0 Å². The van der Waals surface area contributed by atoms with Crippen LogP contribution in [0, 0.1) is 22.5 Å². The van der Waals surface area contributed by atoms with Crippen LogP contribution in [0.5, 0.6) is 0 Å². The zero-order valence-electron chi connectivity index (χ0n) is 10.1. The highest BCUT2D eigenvalue weighted by Crippen LogP contribution is 2.24. The first kappa shape index (κ1) is 15.5. The van der Waals surface area contributed by atoms with Gasteiger partial charge in [0.2, 0.25) is 5.91 Å². The molecule has 0 radical (unpaired) electrons. The van der Waals surface area contributed by atoms with Crippen molar-refractivity contribution in [2.45, 2.75) is 12.5 Å². The molecule has 1 atom stereocenters. The fourth-order valence-electron chi connectivity index (χ4n) is 1.38. The number of carbonyl (C=O) groups excluding carboxylic acids is 2. The summed E-state index contributed by atoms with van der Waals surface area (Å²) in [6.45, 7) is 0. The largest absolute Gasteiger partial charge is 0.368 e. The molecule has 0 bridgehead atoms. The van der Waals surface area contributed by atoms with E-state index in [1.807, 2.05) is 0 Å². The number of carbonyl (C=O) groups is 2. The van der Waals surface area contributed by atoms with Gasteiger partial charge < -0.3 is 11.1 Å². The lowest BCUT2D eigenvalue weighted by Gasteiger charge is -2.12. The first-order chi connectivity index (χ1) is 9.36. The fourth-order valence-corrected chi connectivity index (χ4v) is 1.63. The minimum atomic E-state index is -1.01. The van der Waals surface area contributed by atoms with E-state index in [1.54, 1.807) is 0 Å². The van der Waals surface area contributed by atoms with Gasteiger partial charge >= 0.3 is 0 Å². The molecule has 0 spiro atoms. The van der Waals surface area contributed by atoms with Gasteiger partial charge in [0.25, 0.3) is 11.6 Å². The van der Waals surface area contributed by atoms with Gasteiger partial charge in [0.1, 0.15) is 11.1 Å². The Morgan fingerprint density at radius 3 is 2.65 bits per heavy atom. The molecule has 8 heteroatoms. The van der Waals surface area contributed by atoms with Crippen LogP contribution in [-0.2, 0) is 4.79 Å². The van der Waals surface area contributed by atoms with Gasteiger partial charge in [-0.25, -0.2) is 0 Å². The van der Waals surface area contributed by atoms with E-state index in [-0.39, 0.29) is 22.7 Å². The van der Waals surface area contributed by atoms with E-state index in [1.165, 1.54) is 6.07 Å². The Bertz CT molecular complexity index is 609. The van der Waals surface area contributed by atoms with Crippen LogP contribution < -0.4 is 11.1 Å². The maximum absolute atomic E-state index is 11.9. The third kappa shape index (κ3) is 3.70. The lowest BCUT2D eigenvalue weighted by molar-refractivity contribution is -0.384. The molecule has 0 fully saturated rings. The zero-order valence-corrected chi connectivity index (χ0v) is 10.9. The van der Waals surface area contributed by atoms with Crippen LogP contribution in [0.15, 0.2) is 18.2 Å². The second-order valence-corrected chi connectivity index (χ2v) is 4.17. The average molecular weight is 296 g/mol. The highest BCUT2D eigenvalue weighted by molar-refractivity contribution is 6.33. The molecule has 7 nitrogen and oxygen atoms in total. The number of nitro benzene ring substituents is 1. The highest BCUT2D eigenvalue weighted by Gasteiger charge is 2.20. The maximum Gasteiger partial charge on any atom is 0.287 e. The van der Waals surface area contributed by atoms with E-state index < -0.39 is 22.8 Å².